The molecule has 0 aliphatic rings. The molecular formula is C17H13Cl2F2N5O2. The van der Waals surface area contributed by atoms with Gasteiger partial charge in [-0.1, -0.05) is 41.4 Å². The fourth-order valence-electron chi connectivity index (χ4n) is 2.46. The van der Waals surface area contributed by atoms with Crippen molar-refractivity contribution in [1.82, 2.24) is 14.3 Å². The number of amides is 2. The number of rotatable bonds is 4. The molecule has 2 aromatic carbocycles. The van der Waals surface area contributed by atoms with Crippen LogP contribution in [0.5, 0.6) is 0 Å². The summed E-state index contributed by atoms with van der Waals surface area (Å²) in [5.41, 5.74) is -0.413. The molecule has 0 aliphatic carbocycles. The van der Waals surface area contributed by atoms with Crippen LogP contribution < -0.4 is 16.3 Å². The Morgan fingerprint density at radius 3 is 2.39 bits per heavy atom. The van der Waals surface area contributed by atoms with E-state index in [1.54, 1.807) is 30.3 Å². The minimum atomic E-state index is -3.05. The molecule has 0 saturated carbocycles. The van der Waals surface area contributed by atoms with Crippen LogP contribution in [-0.2, 0) is 0 Å². The lowest BCUT2D eigenvalue weighted by atomic mass is 10.2. The summed E-state index contributed by atoms with van der Waals surface area (Å²) in [7, 11) is 0. The molecule has 146 valence electrons. The minimum absolute atomic E-state index is 0.0000314. The molecule has 1 aromatic heterocycles. The zero-order valence-electron chi connectivity index (χ0n) is 14.3. The van der Waals surface area contributed by atoms with Gasteiger partial charge in [-0.3, -0.25) is 0 Å². The van der Waals surface area contributed by atoms with Crippen LogP contribution in [0.4, 0.5) is 25.0 Å². The zero-order valence-corrected chi connectivity index (χ0v) is 15.8. The van der Waals surface area contributed by atoms with E-state index in [4.69, 9.17) is 23.2 Å². The summed E-state index contributed by atoms with van der Waals surface area (Å²) in [6.45, 7) is -1.79. The van der Waals surface area contributed by atoms with Gasteiger partial charge in [-0.25, -0.2) is 14.2 Å². The molecule has 0 fully saturated rings. The summed E-state index contributed by atoms with van der Waals surface area (Å²) in [5.74, 6) is -0.192. The number of hydrogen-bond donors (Lipinski definition) is 2. The van der Waals surface area contributed by atoms with Gasteiger partial charge in [0.1, 0.15) is 5.82 Å². The van der Waals surface area contributed by atoms with E-state index in [0.29, 0.717) is 5.69 Å². The Labute approximate surface area is 167 Å². The third kappa shape index (κ3) is 4.00. The maximum Gasteiger partial charge on any atom is 0.355 e. The topological polar surface area (TPSA) is 81.0 Å². The Bertz CT molecular complexity index is 1080. The van der Waals surface area contributed by atoms with Gasteiger partial charge in [0.2, 0.25) is 0 Å². The van der Waals surface area contributed by atoms with Crippen LogP contribution in [0.25, 0.3) is 5.69 Å². The number of alkyl halides is 2. The van der Waals surface area contributed by atoms with Crippen LogP contribution in [0.3, 0.4) is 0 Å². The Morgan fingerprint density at radius 1 is 1.11 bits per heavy atom. The summed E-state index contributed by atoms with van der Waals surface area (Å²) in [4.78, 5) is 24.4. The SMILES string of the molecule is Cc1nn(-c2cc(NC(=O)Nc3ccccc3)c(Cl)cc2Cl)c(=O)n1C(F)F. The molecule has 28 heavy (non-hydrogen) atoms. The van der Waals surface area contributed by atoms with Gasteiger partial charge >= 0.3 is 18.3 Å². The Morgan fingerprint density at radius 2 is 1.79 bits per heavy atom. The molecular weight excluding hydrogens is 415 g/mol. The average Bonchev–Trinajstić information content (AvgIpc) is 2.92. The fraction of sp³-hybridized carbons (Fsp3) is 0.118. The smallest absolute Gasteiger partial charge is 0.308 e. The van der Waals surface area contributed by atoms with Gasteiger partial charge in [-0.15, -0.1) is 5.10 Å². The number of nitrogens with one attached hydrogen (secondary N) is 2. The number of carbonyl (C=O) groups excluding carboxylic acids is 1. The van der Waals surface area contributed by atoms with Gasteiger partial charge in [-0.2, -0.15) is 13.5 Å². The van der Waals surface area contributed by atoms with Gasteiger partial charge in [0.15, 0.2) is 0 Å². The normalized spacial score (nSPS) is 10.9. The van der Waals surface area contributed by atoms with E-state index >= 15 is 0 Å². The van der Waals surface area contributed by atoms with Crippen molar-refractivity contribution in [3.05, 3.63) is 68.8 Å². The molecule has 0 atom stereocenters. The van der Waals surface area contributed by atoms with Crippen molar-refractivity contribution in [2.24, 2.45) is 0 Å². The number of aryl methyl sites for hydroxylation is 1. The molecule has 0 radical (unpaired) electrons. The molecule has 0 saturated heterocycles. The average molecular weight is 428 g/mol. The summed E-state index contributed by atoms with van der Waals surface area (Å²) in [5, 5.41) is 9.03. The number of para-hydroxylation sites is 1. The molecule has 2 amide bonds. The number of carbonyl (C=O) groups is 1. The van der Waals surface area contributed by atoms with E-state index in [9.17, 15) is 18.4 Å². The first-order chi connectivity index (χ1) is 13.3. The van der Waals surface area contributed by atoms with E-state index < -0.39 is 18.3 Å². The van der Waals surface area contributed by atoms with Crippen molar-refractivity contribution in [3.63, 3.8) is 0 Å². The van der Waals surface area contributed by atoms with Crippen molar-refractivity contribution in [2.75, 3.05) is 10.6 Å². The van der Waals surface area contributed by atoms with Crippen molar-refractivity contribution in [2.45, 2.75) is 13.5 Å². The highest BCUT2D eigenvalue weighted by atomic mass is 35.5. The standard InChI is InChI=1S/C17H13Cl2F2N5O2/c1-9-24-26(17(28)25(9)15(20)21)14-8-13(11(18)7-12(14)19)23-16(27)22-10-5-3-2-4-6-10/h2-8,15H,1H3,(H2,22,23,27). The predicted octanol–water partition coefficient (Wildman–Crippen LogP) is 4.69. The number of halogens is 4. The highest BCUT2D eigenvalue weighted by Crippen LogP contribution is 2.31. The lowest BCUT2D eigenvalue weighted by Crippen LogP contribution is -2.25. The molecule has 2 N–H and O–H groups in total. The van der Waals surface area contributed by atoms with Gasteiger partial charge in [0.05, 0.1) is 21.4 Å². The molecule has 0 aliphatic heterocycles. The predicted molar refractivity (Wildman–Crippen MR) is 103 cm³/mol. The minimum Gasteiger partial charge on any atom is -0.308 e. The quantitative estimate of drug-likeness (QED) is 0.633. The third-order valence-electron chi connectivity index (χ3n) is 3.72. The van der Waals surface area contributed by atoms with E-state index in [1.807, 2.05) is 0 Å². The third-order valence-corrected chi connectivity index (χ3v) is 4.34. The monoisotopic (exact) mass is 427 g/mol. The Kier molecular flexibility index (Phi) is 5.66. The number of anilines is 2. The first kappa shape index (κ1) is 19.8. The second-order valence-corrected chi connectivity index (χ2v) is 6.43. The van der Waals surface area contributed by atoms with E-state index in [1.165, 1.54) is 19.1 Å². The van der Waals surface area contributed by atoms with Crippen molar-refractivity contribution >= 4 is 40.6 Å². The first-order valence-corrected chi connectivity index (χ1v) is 8.62. The van der Waals surface area contributed by atoms with Gasteiger partial charge in [0.25, 0.3) is 0 Å². The number of nitrogens with zero attached hydrogens (tertiary/aromatic N) is 3. The van der Waals surface area contributed by atoms with Crippen LogP contribution in [0, 0.1) is 6.92 Å². The Hall–Kier alpha value is -2.91. The molecule has 11 heteroatoms. The summed E-state index contributed by atoms with van der Waals surface area (Å²) in [6, 6.07) is 10.6. The largest absolute Gasteiger partial charge is 0.355 e. The fourth-order valence-corrected chi connectivity index (χ4v) is 2.97. The van der Waals surface area contributed by atoms with Crippen LogP contribution in [0.15, 0.2) is 47.3 Å². The van der Waals surface area contributed by atoms with Crippen LogP contribution in [-0.4, -0.2) is 20.4 Å². The maximum atomic E-state index is 13.0. The van der Waals surface area contributed by atoms with E-state index in [0.717, 1.165) is 4.68 Å². The van der Waals surface area contributed by atoms with Crippen molar-refractivity contribution < 1.29 is 13.6 Å². The first-order valence-electron chi connectivity index (χ1n) is 7.86. The second kappa shape index (κ2) is 7.99. The van der Waals surface area contributed by atoms with E-state index in [2.05, 4.69) is 15.7 Å². The zero-order chi connectivity index (χ0) is 20.4. The van der Waals surface area contributed by atoms with Crippen LogP contribution in [0.2, 0.25) is 10.0 Å². The van der Waals surface area contributed by atoms with Gasteiger partial charge in [0, 0.05) is 5.69 Å². The van der Waals surface area contributed by atoms with Gasteiger partial charge < -0.3 is 10.6 Å². The molecule has 3 rings (SSSR count). The lowest BCUT2D eigenvalue weighted by Gasteiger charge is -2.12. The lowest BCUT2D eigenvalue weighted by molar-refractivity contribution is 0.0640. The van der Waals surface area contributed by atoms with Crippen molar-refractivity contribution in [1.29, 1.82) is 0 Å². The highest BCUT2D eigenvalue weighted by molar-refractivity contribution is 6.37. The van der Waals surface area contributed by atoms with Crippen molar-refractivity contribution in [3.8, 4) is 5.69 Å². The highest BCUT2D eigenvalue weighted by Gasteiger charge is 2.21. The van der Waals surface area contributed by atoms with Gasteiger partial charge in [-0.05, 0) is 31.2 Å². The number of benzene rings is 2. The number of hydrogen-bond acceptors (Lipinski definition) is 3. The number of aromatic nitrogens is 3. The molecule has 1 heterocycles. The maximum absolute atomic E-state index is 13.0. The van der Waals surface area contributed by atoms with Crippen LogP contribution in [0.1, 0.15) is 12.4 Å². The van der Waals surface area contributed by atoms with Crippen LogP contribution >= 0.6 is 23.2 Å². The summed E-state index contributed by atoms with van der Waals surface area (Å²) >= 11 is 12.2. The number of urea groups is 1. The summed E-state index contributed by atoms with van der Waals surface area (Å²) < 4.78 is 27.0. The molecule has 7 nitrogen and oxygen atoms in total. The van der Waals surface area contributed by atoms with E-state index in [-0.39, 0.29) is 31.8 Å². The second-order valence-electron chi connectivity index (χ2n) is 5.62. The molecule has 0 spiro atoms. The summed E-state index contributed by atoms with van der Waals surface area (Å²) in [6.07, 6.45) is 0. The molecule has 0 unspecified atom stereocenters. The molecule has 0 bridgehead atoms. The Balaban J connectivity index is 1.94. The molecule has 3 aromatic rings.